The zero-order valence-corrected chi connectivity index (χ0v) is 17.8. The molecule has 1 amide bonds. The smallest absolute Gasteiger partial charge is 0.254 e. The van der Waals surface area contributed by atoms with Crippen molar-refractivity contribution in [2.24, 2.45) is 11.7 Å². The fourth-order valence-electron chi connectivity index (χ4n) is 4.52. The highest BCUT2D eigenvalue weighted by Gasteiger charge is 2.33. The first kappa shape index (κ1) is 20.4. The molecule has 9 heteroatoms. The fraction of sp³-hybridized carbons (Fsp3) is 0.545. The molecule has 3 atom stereocenters. The summed E-state index contributed by atoms with van der Waals surface area (Å²) in [6, 6.07) is 1.58. The summed E-state index contributed by atoms with van der Waals surface area (Å²) in [5.41, 5.74) is 9.09. The Kier molecular flexibility index (Phi) is 5.19. The van der Waals surface area contributed by atoms with Crippen molar-refractivity contribution in [3.05, 3.63) is 34.9 Å². The predicted molar refractivity (Wildman–Crippen MR) is 113 cm³/mol. The summed E-state index contributed by atoms with van der Waals surface area (Å²) >= 11 is 0. The Bertz CT molecular complexity index is 1020. The number of carbonyl (C=O) groups excluding carboxylic acids is 1. The van der Waals surface area contributed by atoms with Crippen LogP contribution in [0.2, 0.25) is 0 Å². The predicted octanol–water partition coefficient (Wildman–Crippen LogP) is 2.02. The topological polar surface area (TPSA) is 103 Å². The second kappa shape index (κ2) is 7.89. The number of fused-ring (bicyclic) bond motifs is 2. The number of rotatable bonds is 4. The molecule has 31 heavy (non-hydrogen) atoms. The van der Waals surface area contributed by atoms with Crippen LogP contribution in [0, 0.1) is 11.7 Å². The molecule has 4 N–H and O–H groups in total. The van der Waals surface area contributed by atoms with Crippen molar-refractivity contribution >= 4 is 11.7 Å². The minimum Gasteiger partial charge on any atom is -0.380 e. The van der Waals surface area contributed by atoms with Gasteiger partial charge >= 0.3 is 0 Å². The van der Waals surface area contributed by atoms with E-state index >= 15 is 4.39 Å². The largest absolute Gasteiger partial charge is 0.380 e. The summed E-state index contributed by atoms with van der Waals surface area (Å²) < 4.78 is 28.8. The van der Waals surface area contributed by atoms with Gasteiger partial charge in [0.2, 0.25) is 0 Å². The minimum atomic E-state index is -0.497. The maximum Gasteiger partial charge on any atom is 0.254 e. The third-order valence-corrected chi connectivity index (χ3v) is 6.44. The molecule has 5 rings (SSSR count). The lowest BCUT2D eigenvalue weighted by atomic mass is 10.0. The molecule has 5 heterocycles. The van der Waals surface area contributed by atoms with E-state index in [1.54, 1.807) is 0 Å². The molecule has 3 aliphatic rings. The summed E-state index contributed by atoms with van der Waals surface area (Å²) in [7, 11) is 0. The first-order valence-electron chi connectivity index (χ1n) is 10.8. The van der Waals surface area contributed by atoms with E-state index in [9.17, 15) is 4.79 Å². The van der Waals surface area contributed by atoms with E-state index in [1.165, 1.54) is 0 Å². The molecule has 0 bridgehead atoms. The SMILES string of the molecule is CC(C)C1Cn2cc(-c3nc(NC4CCOCC4N)c(F)c4c3C(=O)NC4)cc2CO1. The highest BCUT2D eigenvalue weighted by atomic mass is 19.1. The van der Waals surface area contributed by atoms with Gasteiger partial charge in [0.1, 0.15) is 0 Å². The standard InChI is InChI=1S/C22H28FN5O3/c1-11(2)17-8-28-7-12(5-13(28)9-31-17)20-18-14(6-25-22(18)29)19(23)21(27-20)26-16-3-4-30-10-15(16)24/h5,7,11,15-17H,3-4,6,8-10,24H2,1-2H3,(H,25,29)(H,26,27). The van der Waals surface area contributed by atoms with E-state index in [1.807, 2.05) is 12.3 Å². The van der Waals surface area contributed by atoms with E-state index in [2.05, 4.69) is 34.0 Å². The first-order chi connectivity index (χ1) is 14.9. The monoisotopic (exact) mass is 429 g/mol. The van der Waals surface area contributed by atoms with Crippen molar-refractivity contribution in [1.29, 1.82) is 0 Å². The zero-order valence-electron chi connectivity index (χ0n) is 17.8. The van der Waals surface area contributed by atoms with E-state index in [0.717, 1.165) is 17.8 Å². The molecule has 1 fully saturated rings. The van der Waals surface area contributed by atoms with Crippen LogP contribution in [0.15, 0.2) is 12.3 Å². The normalized spacial score (nSPS) is 25.3. The number of nitrogens with one attached hydrogen (secondary N) is 2. The van der Waals surface area contributed by atoms with E-state index in [0.29, 0.717) is 49.0 Å². The molecule has 2 aromatic heterocycles. The van der Waals surface area contributed by atoms with Gasteiger partial charge in [-0.3, -0.25) is 4.79 Å². The molecule has 0 spiro atoms. The highest BCUT2D eigenvalue weighted by Crippen LogP contribution is 2.35. The number of nitrogens with zero attached hydrogens (tertiary/aromatic N) is 2. The lowest BCUT2D eigenvalue weighted by Gasteiger charge is -2.30. The van der Waals surface area contributed by atoms with Crippen molar-refractivity contribution in [3.63, 3.8) is 0 Å². The lowest BCUT2D eigenvalue weighted by Crippen LogP contribution is -2.48. The van der Waals surface area contributed by atoms with Gasteiger partial charge < -0.3 is 30.4 Å². The Morgan fingerprint density at radius 3 is 3.03 bits per heavy atom. The number of pyridine rings is 1. The van der Waals surface area contributed by atoms with E-state index in [-0.39, 0.29) is 36.5 Å². The number of anilines is 1. The Morgan fingerprint density at radius 1 is 1.42 bits per heavy atom. The summed E-state index contributed by atoms with van der Waals surface area (Å²) in [5, 5.41) is 5.91. The van der Waals surface area contributed by atoms with Crippen molar-refractivity contribution in [2.75, 3.05) is 18.5 Å². The molecule has 3 aliphatic heterocycles. The third-order valence-electron chi connectivity index (χ3n) is 6.44. The second-order valence-electron chi connectivity index (χ2n) is 8.90. The molecule has 1 saturated heterocycles. The summed E-state index contributed by atoms with van der Waals surface area (Å²) in [6.07, 6.45) is 2.79. The number of hydrogen-bond acceptors (Lipinski definition) is 6. The van der Waals surface area contributed by atoms with Crippen LogP contribution in [-0.4, -0.2) is 46.9 Å². The summed E-state index contributed by atoms with van der Waals surface area (Å²) in [5.74, 6) is -0.264. The van der Waals surface area contributed by atoms with Crippen LogP contribution < -0.4 is 16.4 Å². The fourth-order valence-corrected chi connectivity index (χ4v) is 4.52. The Balaban J connectivity index is 1.54. The molecule has 8 nitrogen and oxygen atoms in total. The maximum atomic E-state index is 15.3. The van der Waals surface area contributed by atoms with Gasteiger partial charge in [-0.15, -0.1) is 0 Å². The van der Waals surface area contributed by atoms with Crippen LogP contribution in [-0.2, 0) is 29.2 Å². The quantitative estimate of drug-likeness (QED) is 0.687. The average molecular weight is 429 g/mol. The lowest BCUT2D eigenvalue weighted by molar-refractivity contribution is -0.0226. The minimum absolute atomic E-state index is 0.132. The number of halogens is 1. The average Bonchev–Trinajstić information content (AvgIpc) is 3.35. The van der Waals surface area contributed by atoms with E-state index in [4.69, 9.17) is 15.2 Å². The van der Waals surface area contributed by atoms with Crippen LogP contribution in [0.4, 0.5) is 10.2 Å². The van der Waals surface area contributed by atoms with Crippen LogP contribution in [0.25, 0.3) is 11.3 Å². The molecule has 0 saturated carbocycles. The zero-order chi connectivity index (χ0) is 21.7. The van der Waals surface area contributed by atoms with Gasteiger partial charge in [-0.1, -0.05) is 13.8 Å². The van der Waals surface area contributed by atoms with Gasteiger partial charge in [-0.25, -0.2) is 9.37 Å². The van der Waals surface area contributed by atoms with Crippen LogP contribution in [0.1, 0.15) is 41.9 Å². The number of carbonyl (C=O) groups is 1. The number of nitrogens with two attached hydrogens (primary N) is 1. The van der Waals surface area contributed by atoms with Crippen molar-refractivity contribution in [3.8, 4) is 11.3 Å². The maximum absolute atomic E-state index is 15.3. The van der Waals surface area contributed by atoms with Crippen molar-refractivity contribution in [1.82, 2.24) is 14.9 Å². The summed E-state index contributed by atoms with van der Waals surface area (Å²) in [6.45, 7) is 6.64. The molecule has 0 aliphatic carbocycles. The van der Waals surface area contributed by atoms with Gasteiger partial charge in [0.05, 0.1) is 30.6 Å². The molecule has 2 aromatic rings. The van der Waals surface area contributed by atoms with Gasteiger partial charge in [0, 0.05) is 54.8 Å². The highest BCUT2D eigenvalue weighted by molar-refractivity contribution is 6.04. The van der Waals surface area contributed by atoms with Crippen LogP contribution >= 0.6 is 0 Å². The van der Waals surface area contributed by atoms with Crippen LogP contribution in [0.3, 0.4) is 0 Å². The third kappa shape index (κ3) is 3.60. The number of hydrogen-bond donors (Lipinski definition) is 3. The van der Waals surface area contributed by atoms with Crippen LogP contribution in [0.5, 0.6) is 0 Å². The van der Waals surface area contributed by atoms with Gasteiger partial charge in [0.15, 0.2) is 11.6 Å². The Labute approximate surface area is 180 Å². The molecule has 166 valence electrons. The first-order valence-corrected chi connectivity index (χ1v) is 10.8. The Morgan fingerprint density at radius 2 is 2.26 bits per heavy atom. The molecule has 0 aromatic carbocycles. The number of ether oxygens (including phenoxy) is 2. The number of amides is 1. The molecular formula is C22H28FN5O3. The number of aromatic nitrogens is 2. The summed E-state index contributed by atoms with van der Waals surface area (Å²) in [4.78, 5) is 17.1. The second-order valence-corrected chi connectivity index (χ2v) is 8.90. The van der Waals surface area contributed by atoms with Crippen molar-refractivity contribution < 1.29 is 18.7 Å². The van der Waals surface area contributed by atoms with Crippen molar-refractivity contribution in [2.45, 2.75) is 58.2 Å². The molecule has 0 radical (unpaired) electrons. The van der Waals surface area contributed by atoms with Gasteiger partial charge in [-0.2, -0.15) is 0 Å². The van der Waals surface area contributed by atoms with Gasteiger partial charge in [0.25, 0.3) is 5.91 Å². The Hall–Kier alpha value is -2.49. The molecule has 3 unspecified atom stereocenters. The molecular weight excluding hydrogens is 401 g/mol. The van der Waals surface area contributed by atoms with Gasteiger partial charge in [-0.05, 0) is 18.4 Å². The van der Waals surface area contributed by atoms with E-state index < -0.39 is 5.82 Å².